The van der Waals surface area contributed by atoms with Crippen molar-refractivity contribution >= 4 is 17.7 Å². The van der Waals surface area contributed by atoms with Crippen molar-refractivity contribution in [2.75, 3.05) is 37.8 Å². The lowest BCUT2D eigenvalue weighted by atomic mass is 10.2. The number of thioether (sulfide) groups is 1. The Morgan fingerprint density at radius 1 is 1.40 bits per heavy atom. The van der Waals surface area contributed by atoms with Crippen molar-refractivity contribution in [2.45, 2.75) is 12.5 Å². The van der Waals surface area contributed by atoms with Crippen molar-refractivity contribution in [2.24, 2.45) is 0 Å². The second kappa shape index (κ2) is 6.45. The van der Waals surface area contributed by atoms with E-state index in [9.17, 15) is 4.79 Å². The summed E-state index contributed by atoms with van der Waals surface area (Å²) in [6.07, 6.45) is 2.93. The molecule has 108 valence electrons. The number of amides is 1. The molecule has 0 spiro atoms. The molecule has 1 unspecified atom stereocenters. The largest absolute Gasteiger partial charge is 0.473 e. The average Bonchev–Trinajstić information content (AvgIpc) is 3.01. The van der Waals surface area contributed by atoms with Crippen LogP contribution in [0.3, 0.4) is 0 Å². The van der Waals surface area contributed by atoms with Crippen molar-refractivity contribution in [1.29, 1.82) is 0 Å². The number of aromatic nitrogens is 1. The zero-order chi connectivity index (χ0) is 13.8. The fourth-order valence-electron chi connectivity index (χ4n) is 2.30. The van der Waals surface area contributed by atoms with Crippen LogP contribution in [-0.4, -0.2) is 59.7 Å². The van der Waals surface area contributed by atoms with E-state index in [1.807, 2.05) is 11.8 Å². The summed E-state index contributed by atoms with van der Waals surface area (Å²) in [4.78, 5) is 18.3. The van der Waals surface area contributed by atoms with E-state index in [0.29, 0.717) is 37.7 Å². The van der Waals surface area contributed by atoms with Gasteiger partial charge in [0.2, 0.25) is 5.88 Å². The van der Waals surface area contributed by atoms with Gasteiger partial charge in [-0.1, -0.05) is 0 Å². The van der Waals surface area contributed by atoms with Crippen LogP contribution < -0.4 is 4.74 Å². The maximum absolute atomic E-state index is 12.2. The highest BCUT2D eigenvalue weighted by molar-refractivity contribution is 7.99. The number of hydrogen-bond donors (Lipinski definition) is 0. The molecule has 3 heterocycles. The van der Waals surface area contributed by atoms with E-state index in [4.69, 9.17) is 9.47 Å². The number of morpholine rings is 1. The molecule has 0 N–H and O–H groups in total. The van der Waals surface area contributed by atoms with E-state index < -0.39 is 0 Å². The molecule has 1 aromatic rings. The predicted octanol–water partition coefficient (Wildman–Crippen LogP) is 1.44. The average molecular weight is 294 g/mol. The number of carbonyl (C=O) groups excluding carboxylic acids is 1. The zero-order valence-corrected chi connectivity index (χ0v) is 12.1. The minimum absolute atomic E-state index is 0.0174. The Hall–Kier alpha value is -1.27. The summed E-state index contributed by atoms with van der Waals surface area (Å²) in [5, 5.41) is 0. The van der Waals surface area contributed by atoms with Crippen LogP contribution in [0.2, 0.25) is 0 Å². The number of carbonyl (C=O) groups is 1. The Labute approximate surface area is 122 Å². The number of nitrogens with zero attached hydrogens (tertiary/aromatic N) is 2. The maximum atomic E-state index is 12.2. The molecule has 0 aromatic carbocycles. The van der Waals surface area contributed by atoms with Crippen LogP contribution in [0, 0.1) is 0 Å². The molecule has 0 saturated carbocycles. The molecule has 6 heteroatoms. The van der Waals surface area contributed by atoms with Gasteiger partial charge >= 0.3 is 0 Å². The second-order valence-electron chi connectivity index (χ2n) is 4.89. The van der Waals surface area contributed by atoms with Crippen LogP contribution in [0.1, 0.15) is 16.8 Å². The number of pyridine rings is 1. The van der Waals surface area contributed by atoms with Gasteiger partial charge in [0, 0.05) is 31.1 Å². The van der Waals surface area contributed by atoms with Gasteiger partial charge in [0.15, 0.2) is 0 Å². The first kappa shape index (κ1) is 13.7. The van der Waals surface area contributed by atoms with E-state index in [2.05, 4.69) is 4.98 Å². The third-order valence-electron chi connectivity index (χ3n) is 3.46. The van der Waals surface area contributed by atoms with Gasteiger partial charge in [0.1, 0.15) is 6.10 Å². The lowest BCUT2D eigenvalue weighted by molar-refractivity contribution is 0.0302. The van der Waals surface area contributed by atoms with Crippen molar-refractivity contribution in [3.05, 3.63) is 23.9 Å². The Balaban J connectivity index is 1.61. The molecular formula is C14H18N2O3S. The molecule has 2 saturated heterocycles. The molecular weight excluding hydrogens is 276 g/mol. The topological polar surface area (TPSA) is 51.7 Å². The predicted molar refractivity (Wildman–Crippen MR) is 77.3 cm³/mol. The summed E-state index contributed by atoms with van der Waals surface area (Å²) in [5.74, 6) is 2.80. The molecule has 0 radical (unpaired) electrons. The number of rotatable bonds is 3. The van der Waals surface area contributed by atoms with E-state index >= 15 is 0 Å². The van der Waals surface area contributed by atoms with Crippen LogP contribution >= 0.6 is 11.8 Å². The standard InChI is InChI=1S/C14H18N2O3S/c17-14(16-4-6-18-7-5-16)11-1-2-13(15-9-11)19-12-3-8-20-10-12/h1-2,9,12H,3-8,10H2. The minimum Gasteiger partial charge on any atom is -0.473 e. The quantitative estimate of drug-likeness (QED) is 0.844. The van der Waals surface area contributed by atoms with Crippen molar-refractivity contribution in [3.63, 3.8) is 0 Å². The first-order chi connectivity index (χ1) is 9.83. The fourth-order valence-corrected chi connectivity index (χ4v) is 3.40. The molecule has 20 heavy (non-hydrogen) atoms. The van der Waals surface area contributed by atoms with E-state index in [-0.39, 0.29) is 12.0 Å². The summed E-state index contributed by atoms with van der Waals surface area (Å²) in [5.41, 5.74) is 0.611. The molecule has 0 aliphatic carbocycles. The van der Waals surface area contributed by atoms with Gasteiger partial charge in [-0.3, -0.25) is 4.79 Å². The normalized spacial score (nSPS) is 22.8. The highest BCUT2D eigenvalue weighted by atomic mass is 32.2. The zero-order valence-electron chi connectivity index (χ0n) is 11.3. The smallest absolute Gasteiger partial charge is 0.255 e. The number of hydrogen-bond acceptors (Lipinski definition) is 5. The fraction of sp³-hybridized carbons (Fsp3) is 0.571. The Morgan fingerprint density at radius 3 is 2.90 bits per heavy atom. The monoisotopic (exact) mass is 294 g/mol. The SMILES string of the molecule is O=C(c1ccc(OC2CCSC2)nc1)N1CCOCC1. The first-order valence-electron chi connectivity index (χ1n) is 6.90. The minimum atomic E-state index is 0.0174. The molecule has 5 nitrogen and oxygen atoms in total. The Bertz CT molecular complexity index is 454. The molecule has 2 aliphatic rings. The second-order valence-corrected chi connectivity index (χ2v) is 6.04. The third-order valence-corrected chi connectivity index (χ3v) is 4.59. The van der Waals surface area contributed by atoms with E-state index in [0.717, 1.165) is 17.9 Å². The molecule has 3 rings (SSSR count). The summed E-state index contributed by atoms with van der Waals surface area (Å²) in [7, 11) is 0. The van der Waals surface area contributed by atoms with Crippen LogP contribution in [0.5, 0.6) is 5.88 Å². The van der Waals surface area contributed by atoms with Gasteiger partial charge in [-0.25, -0.2) is 4.98 Å². The lowest BCUT2D eigenvalue weighted by Gasteiger charge is -2.26. The molecule has 1 amide bonds. The van der Waals surface area contributed by atoms with E-state index in [1.54, 1.807) is 23.2 Å². The van der Waals surface area contributed by atoms with Gasteiger partial charge in [-0.05, 0) is 18.2 Å². The Morgan fingerprint density at radius 2 is 2.25 bits per heavy atom. The highest BCUT2D eigenvalue weighted by Crippen LogP contribution is 2.22. The number of ether oxygens (including phenoxy) is 2. The third kappa shape index (κ3) is 3.24. The molecule has 2 fully saturated rings. The first-order valence-corrected chi connectivity index (χ1v) is 8.06. The maximum Gasteiger partial charge on any atom is 0.255 e. The molecule has 1 aromatic heterocycles. The lowest BCUT2D eigenvalue weighted by Crippen LogP contribution is -2.40. The van der Waals surface area contributed by atoms with Crippen LogP contribution in [-0.2, 0) is 4.74 Å². The van der Waals surface area contributed by atoms with Gasteiger partial charge in [-0.15, -0.1) is 0 Å². The summed E-state index contributed by atoms with van der Waals surface area (Å²) in [6.45, 7) is 2.52. The highest BCUT2D eigenvalue weighted by Gasteiger charge is 2.20. The Kier molecular flexibility index (Phi) is 4.42. The van der Waals surface area contributed by atoms with Crippen molar-refractivity contribution < 1.29 is 14.3 Å². The molecule has 0 bridgehead atoms. The van der Waals surface area contributed by atoms with Crippen molar-refractivity contribution in [1.82, 2.24) is 9.88 Å². The van der Waals surface area contributed by atoms with Gasteiger partial charge in [0.25, 0.3) is 5.91 Å². The van der Waals surface area contributed by atoms with Gasteiger partial charge in [-0.2, -0.15) is 11.8 Å². The summed E-state index contributed by atoms with van der Waals surface area (Å²) >= 11 is 1.90. The van der Waals surface area contributed by atoms with Crippen LogP contribution in [0.25, 0.3) is 0 Å². The van der Waals surface area contributed by atoms with Crippen molar-refractivity contribution in [3.8, 4) is 5.88 Å². The van der Waals surface area contributed by atoms with Gasteiger partial charge in [0.05, 0.1) is 18.8 Å². The summed E-state index contributed by atoms with van der Waals surface area (Å²) < 4.78 is 11.0. The van der Waals surface area contributed by atoms with Crippen LogP contribution in [0.15, 0.2) is 18.3 Å². The molecule has 1 atom stereocenters. The van der Waals surface area contributed by atoms with E-state index in [1.165, 1.54) is 0 Å². The molecule has 2 aliphatic heterocycles. The van der Waals surface area contributed by atoms with Crippen LogP contribution in [0.4, 0.5) is 0 Å². The summed E-state index contributed by atoms with van der Waals surface area (Å²) in [6, 6.07) is 3.58. The van der Waals surface area contributed by atoms with Gasteiger partial charge < -0.3 is 14.4 Å².